The van der Waals surface area contributed by atoms with Gasteiger partial charge in [0.15, 0.2) is 0 Å². The van der Waals surface area contributed by atoms with E-state index in [0.29, 0.717) is 34.1 Å². The molecule has 0 aliphatic carbocycles. The average molecular weight is 309 g/mol. The lowest BCUT2D eigenvalue weighted by Crippen LogP contribution is -2.45. The topological polar surface area (TPSA) is 63.4 Å². The van der Waals surface area contributed by atoms with Crippen molar-refractivity contribution >= 4 is 33.0 Å². The molecule has 1 fully saturated rings. The summed E-state index contributed by atoms with van der Waals surface area (Å²) in [7, 11) is -3.40. The molecule has 18 heavy (non-hydrogen) atoms. The summed E-state index contributed by atoms with van der Waals surface area (Å²) in [5.74, 6) is 0.720. The molecule has 2 atom stereocenters. The maximum Gasteiger partial charge on any atom is 0.252 e. The first kappa shape index (κ1) is 14.3. The third-order valence-corrected chi connectivity index (χ3v) is 7.09. The number of nitrogens with zero attached hydrogens (tertiary/aromatic N) is 1. The van der Waals surface area contributed by atoms with E-state index in [1.807, 2.05) is 0 Å². The molecule has 7 heteroatoms. The quantitative estimate of drug-likeness (QED) is 0.929. The van der Waals surface area contributed by atoms with E-state index in [2.05, 4.69) is 6.92 Å². The number of sulfonamides is 1. The molecular weight excluding hydrogens is 292 g/mol. The molecule has 4 nitrogen and oxygen atoms in total. The van der Waals surface area contributed by atoms with Crippen LogP contribution in [0.25, 0.3) is 0 Å². The Labute approximate surface area is 117 Å². The minimum atomic E-state index is -3.40. The molecule has 0 aromatic carbocycles. The number of hydrogen-bond donors (Lipinski definition) is 1. The Morgan fingerprint density at radius 3 is 2.83 bits per heavy atom. The van der Waals surface area contributed by atoms with Gasteiger partial charge in [0.2, 0.25) is 0 Å². The zero-order valence-corrected chi connectivity index (χ0v) is 12.6. The van der Waals surface area contributed by atoms with Gasteiger partial charge in [-0.25, -0.2) is 8.42 Å². The first-order valence-electron chi connectivity index (χ1n) is 5.90. The van der Waals surface area contributed by atoms with Crippen LogP contribution >= 0.6 is 22.9 Å². The minimum absolute atomic E-state index is 0.240. The fourth-order valence-corrected chi connectivity index (χ4v) is 5.35. The molecule has 0 radical (unpaired) electrons. The Morgan fingerprint density at radius 2 is 2.28 bits per heavy atom. The van der Waals surface area contributed by atoms with Crippen LogP contribution in [0.15, 0.2) is 16.3 Å². The number of halogens is 1. The van der Waals surface area contributed by atoms with Gasteiger partial charge in [-0.1, -0.05) is 18.5 Å². The van der Waals surface area contributed by atoms with Crippen LogP contribution in [-0.4, -0.2) is 32.4 Å². The van der Waals surface area contributed by atoms with E-state index in [0.717, 1.165) is 17.8 Å². The predicted octanol–water partition coefficient (Wildman–Crippen LogP) is 2.01. The smallest absolute Gasteiger partial charge is 0.252 e. The molecule has 1 aliphatic heterocycles. The number of hydrogen-bond acceptors (Lipinski definition) is 4. The van der Waals surface area contributed by atoms with Gasteiger partial charge in [0.25, 0.3) is 10.0 Å². The highest BCUT2D eigenvalue weighted by Crippen LogP contribution is 2.31. The molecule has 0 bridgehead atoms. The zero-order valence-electron chi connectivity index (χ0n) is 10.2. The third kappa shape index (κ3) is 2.72. The molecule has 1 saturated heterocycles. The van der Waals surface area contributed by atoms with Crippen LogP contribution in [0.4, 0.5) is 0 Å². The van der Waals surface area contributed by atoms with E-state index in [1.165, 1.54) is 4.31 Å². The molecule has 1 aromatic heterocycles. The van der Waals surface area contributed by atoms with Crippen molar-refractivity contribution in [1.29, 1.82) is 0 Å². The minimum Gasteiger partial charge on any atom is -0.330 e. The molecule has 1 aliphatic rings. The largest absolute Gasteiger partial charge is 0.330 e. The van der Waals surface area contributed by atoms with Gasteiger partial charge in [-0.2, -0.15) is 4.31 Å². The lowest BCUT2D eigenvalue weighted by atomic mass is 9.88. The lowest BCUT2D eigenvalue weighted by molar-refractivity contribution is 0.203. The van der Waals surface area contributed by atoms with Crippen molar-refractivity contribution in [3.05, 3.63) is 16.5 Å². The highest BCUT2D eigenvalue weighted by Gasteiger charge is 2.33. The van der Waals surface area contributed by atoms with Gasteiger partial charge >= 0.3 is 0 Å². The summed E-state index contributed by atoms with van der Waals surface area (Å²) >= 11 is 6.90. The summed E-state index contributed by atoms with van der Waals surface area (Å²) in [4.78, 5) is 0. The van der Waals surface area contributed by atoms with Gasteiger partial charge in [-0.05, 0) is 36.9 Å². The Hall–Kier alpha value is -0.140. The van der Waals surface area contributed by atoms with Gasteiger partial charge in [0, 0.05) is 13.1 Å². The molecule has 1 aromatic rings. The van der Waals surface area contributed by atoms with Crippen molar-refractivity contribution < 1.29 is 8.42 Å². The molecule has 2 N–H and O–H groups in total. The van der Waals surface area contributed by atoms with Gasteiger partial charge in [-0.3, -0.25) is 0 Å². The summed E-state index contributed by atoms with van der Waals surface area (Å²) in [6.45, 7) is 3.73. The van der Waals surface area contributed by atoms with Crippen molar-refractivity contribution in [1.82, 2.24) is 4.31 Å². The van der Waals surface area contributed by atoms with Crippen molar-refractivity contribution in [2.45, 2.75) is 17.6 Å². The van der Waals surface area contributed by atoms with Crippen molar-refractivity contribution in [3.8, 4) is 0 Å². The Kier molecular flexibility index (Phi) is 4.33. The van der Waals surface area contributed by atoms with E-state index >= 15 is 0 Å². The zero-order chi connectivity index (χ0) is 13.3. The molecular formula is C11H17ClN2O2S2. The lowest BCUT2D eigenvalue weighted by Gasteiger charge is -2.35. The Bertz CT molecular complexity index is 515. The van der Waals surface area contributed by atoms with Crippen LogP contribution in [0.2, 0.25) is 4.34 Å². The van der Waals surface area contributed by atoms with Crippen LogP contribution in [0, 0.1) is 11.8 Å². The predicted molar refractivity (Wildman–Crippen MR) is 74.4 cm³/mol. The molecule has 2 heterocycles. The van der Waals surface area contributed by atoms with Gasteiger partial charge in [0.05, 0.1) is 4.34 Å². The number of thiophene rings is 1. The van der Waals surface area contributed by atoms with Gasteiger partial charge < -0.3 is 5.73 Å². The standard InChI is InChI=1S/C11H17ClN2O2S2/c1-8-4-5-14(7-9(8)6-13)18(15,16)11-3-2-10(12)17-11/h2-3,8-9H,4-7,13H2,1H3. The van der Waals surface area contributed by atoms with Crippen molar-refractivity contribution in [3.63, 3.8) is 0 Å². The first-order valence-corrected chi connectivity index (χ1v) is 8.54. The number of piperidine rings is 1. The molecule has 2 unspecified atom stereocenters. The number of nitrogens with two attached hydrogens (primary N) is 1. The molecule has 0 spiro atoms. The van der Waals surface area contributed by atoms with Crippen molar-refractivity contribution in [2.75, 3.05) is 19.6 Å². The van der Waals surface area contributed by atoms with E-state index in [9.17, 15) is 8.42 Å². The van der Waals surface area contributed by atoms with Crippen molar-refractivity contribution in [2.24, 2.45) is 17.6 Å². The van der Waals surface area contributed by atoms with Gasteiger partial charge in [-0.15, -0.1) is 11.3 Å². The molecule has 102 valence electrons. The number of rotatable bonds is 3. The fraction of sp³-hybridized carbons (Fsp3) is 0.636. The fourth-order valence-electron chi connectivity index (χ4n) is 2.20. The monoisotopic (exact) mass is 308 g/mol. The van der Waals surface area contributed by atoms with E-state index in [4.69, 9.17) is 17.3 Å². The summed E-state index contributed by atoms with van der Waals surface area (Å²) in [6.07, 6.45) is 0.861. The van der Waals surface area contributed by atoms with Crippen LogP contribution < -0.4 is 5.73 Å². The van der Waals surface area contributed by atoms with Crippen LogP contribution in [0.5, 0.6) is 0 Å². The summed E-state index contributed by atoms with van der Waals surface area (Å²) in [5.41, 5.74) is 5.70. The highest BCUT2D eigenvalue weighted by atomic mass is 35.5. The van der Waals surface area contributed by atoms with Crippen LogP contribution in [0.1, 0.15) is 13.3 Å². The SMILES string of the molecule is CC1CCN(S(=O)(=O)c2ccc(Cl)s2)CC1CN. The second kappa shape index (κ2) is 5.46. The van der Waals surface area contributed by atoms with Crippen LogP contribution in [-0.2, 0) is 10.0 Å². The molecule has 0 amide bonds. The van der Waals surface area contributed by atoms with Gasteiger partial charge in [0.1, 0.15) is 4.21 Å². The van der Waals surface area contributed by atoms with E-state index < -0.39 is 10.0 Å². The molecule has 2 rings (SSSR count). The first-order chi connectivity index (χ1) is 8.45. The Balaban J connectivity index is 2.21. The maximum atomic E-state index is 12.4. The normalized spacial score (nSPS) is 26.4. The average Bonchev–Trinajstić information content (AvgIpc) is 2.77. The summed E-state index contributed by atoms with van der Waals surface area (Å²) in [5, 5.41) is 0. The molecule has 0 saturated carbocycles. The summed E-state index contributed by atoms with van der Waals surface area (Å²) < 4.78 is 27.2. The van der Waals surface area contributed by atoms with E-state index in [-0.39, 0.29) is 5.92 Å². The van der Waals surface area contributed by atoms with E-state index in [1.54, 1.807) is 12.1 Å². The maximum absolute atomic E-state index is 12.4. The second-order valence-electron chi connectivity index (χ2n) is 4.68. The Morgan fingerprint density at radius 1 is 1.56 bits per heavy atom. The summed E-state index contributed by atoms with van der Waals surface area (Å²) in [6, 6.07) is 3.18. The van der Waals surface area contributed by atoms with Crippen LogP contribution in [0.3, 0.4) is 0 Å². The highest BCUT2D eigenvalue weighted by molar-refractivity contribution is 7.91. The second-order valence-corrected chi connectivity index (χ2v) is 8.56. The third-order valence-electron chi connectivity index (χ3n) is 3.52.